The molecule has 0 amide bonds. The summed E-state index contributed by atoms with van der Waals surface area (Å²) in [6, 6.07) is 0. The van der Waals surface area contributed by atoms with Crippen LogP contribution in [-0.2, 0) is 11.3 Å². The summed E-state index contributed by atoms with van der Waals surface area (Å²) < 4.78 is 5.18. The molecule has 0 saturated carbocycles. The van der Waals surface area contributed by atoms with Gasteiger partial charge in [0.25, 0.3) is 0 Å². The second-order valence-electron chi connectivity index (χ2n) is 5.11. The molecule has 1 aliphatic rings. The van der Waals surface area contributed by atoms with E-state index < -0.39 is 11.4 Å². The molecule has 18 heavy (non-hydrogen) atoms. The lowest BCUT2D eigenvalue weighted by Crippen LogP contribution is -2.47. The minimum atomic E-state index is -0.674. The van der Waals surface area contributed by atoms with E-state index in [2.05, 4.69) is 9.88 Å². The highest BCUT2D eigenvalue weighted by atomic mass is 16.4. The molecular weight excluding hydrogens is 232 g/mol. The molecule has 0 aliphatic carbocycles. The van der Waals surface area contributed by atoms with Gasteiger partial charge in [-0.1, -0.05) is 6.92 Å². The van der Waals surface area contributed by atoms with E-state index in [0.717, 1.165) is 30.8 Å². The zero-order valence-corrected chi connectivity index (χ0v) is 11.0. The quantitative estimate of drug-likeness (QED) is 0.888. The highest BCUT2D eigenvalue weighted by molar-refractivity contribution is 5.75. The van der Waals surface area contributed by atoms with E-state index in [1.54, 1.807) is 0 Å². The molecule has 1 aliphatic heterocycles. The van der Waals surface area contributed by atoms with Crippen molar-refractivity contribution in [2.75, 3.05) is 13.1 Å². The number of rotatable bonds is 4. The van der Waals surface area contributed by atoms with Gasteiger partial charge in [-0.05, 0) is 32.7 Å². The van der Waals surface area contributed by atoms with Gasteiger partial charge in [0, 0.05) is 13.1 Å². The first-order valence-corrected chi connectivity index (χ1v) is 6.42. The van der Waals surface area contributed by atoms with Crippen LogP contribution in [0, 0.1) is 12.3 Å². The van der Waals surface area contributed by atoms with Crippen molar-refractivity contribution in [1.29, 1.82) is 0 Å². The number of aryl methyl sites for hydroxylation is 1. The zero-order chi connectivity index (χ0) is 13.2. The number of aliphatic carboxylic acids is 1. The van der Waals surface area contributed by atoms with Gasteiger partial charge in [0.05, 0.1) is 11.1 Å². The summed E-state index contributed by atoms with van der Waals surface area (Å²) in [6.07, 6.45) is 3.82. The lowest BCUT2D eigenvalue weighted by molar-refractivity contribution is -0.153. The van der Waals surface area contributed by atoms with Gasteiger partial charge in [-0.2, -0.15) is 0 Å². The Morgan fingerprint density at radius 2 is 2.44 bits per heavy atom. The van der Waals surface area contributed by atoms with Crippen molar-refractivity contribution in [3.8, 4) is 0 Å². The Bertz CT molecular complexity index is 430. The number of carboxylic acid groups (broad SMARTS) is 1. The topological polar surface area (TPSA) is 66.6 Å². The van der Waals surface area contributed by atoms with E-state index >= 15 is 0 Å². The summed E-state index contributed by atoms with van der Waals surface area (Å²) >= 11 is 0. The van der Waals surface area contributed by atoms with Gasteiger partial charge in [-0.3, -0.25) is 9.69 Å². The lowest BCUT2D eigenvalue weighted by Gasteiger charge is -2.39. The molecule has 0 radical (unpaired) electrons. The normalized spacial score (nSPS) is 25.2. The lowest BCUT2D eigenvalue weighted by atomic mass is 9.77. The van der Waals surface area contributed by atoms with Crippen LogP contribution in [0.3, 0.4) is 0 Å². The van der Waals surface area contributed by atoms with E-state index in [9.17, 15) is 9.90 Å². The molecule has 0 bridgehead atoms. The SMILES string of the molecule is CCC1(C(=O)O)CCCN(Cc2ncoc2C)C1. The van der Waals surface area contributed by atoms with Crippen molar-refractivity contribution in [3.63, 3.8) is 0 Å². The number of likely N-dealkylation sites (tertiary alicyclic amines) is 1. The van der Waals surface area contributed by atoms with Crippen LogP contribution >= 0.6 is 0 Å². The summed E-state index contributed by atoms with van der Waals surface area (Å²) in [7, 11) is 0. The fourth-order valence-electron chi connectivity index (χ4n) is 2.67. The third kappa shape index (κ3) is 2.41. The number of oxazole rings is 1. The first-order valence-electron chi connectivity index (χ1n) is 6.42. The van der Waals surface area contributed by atoms with Gasteiger partial charge in [-0.25, -0.2) is 4.98 Å². The van der Waals surface area contributed by atoms with Crippen molar-refractivity contribution in [2.24, 2.45) is 5.41 Å². The van der Waals surface area contributed by atoms with Crippen molar-refractivity contribution in [2.45, 2.75) is 39.7 Å². The van der Waals surface area contributed by atoms with Gasteiger partial charge >= 0.3 is 5.97 Å². The van der Waals surface area contributed by atoms with E-state index in [1.807, 2.05) is 13.8 Å². The number of piperidine rings is 1. The Morgan fingerprint density at radius 3 is 3.00 bits per heavy atom. The van der Waals surface area contributed by atoms with E-state index in [4.69, 9.17) is 4.42 Å². The van der Waals surface area contributed by atoms with Crippen LogP contribution in [0.2, 0.25) is 0 Å². The Balaban J connectivity index is 2.07. The molecule has 0 aromatic carbocycles. The summed E-state index contributed by atoms with van der Waals surface area (Å²) in [5, 5.41) is 9.43. The second-order valence-corrected chi connectivity index (χ2v) is 5.11. The van der Waals surface area contributed by atoms with Crippen molar-refractivity contribution >= 4 is 5.97 Å². The molecule has 1 unspecified atom stereocenters. The molecule has 5 nitrogen and oxygen atoms in total. The van der Waals surface area contributed by atoms with Gasteiger partial charge in [0.2, 0.25) is 0 Å². The number of carbonyl (C=O) groups is 1. The summed E-state index contributed by atoms with van der Waals surface area (Å²) in [6.45, 7) is 6.05. The Kier molecular flexibility index (Phi) is 3.71. The summed E-state index contributed by atoms with van der Waals surface area (Å²) in [5.74, 6) is 0.143. The van der Waals surface area contributed by atoms with E-state index in [1.165, 1.54) is 6.39 Å². The minimum absolute atomic E-state index is 0.587. The van der Waals surface area contributed by atoms with Gasteiger partial charge in [0.1, 0.15) is 5.76 Å². The third-order valence-corrected chi connectivity index (χ3v) is 4.00. The van der Waals surface area contributed by atoms with E-state index in [-0.39, 0.29) is 0 Å². The first-order chi connectivity index (χ1) is 8.57. The van der Waals surface area contributed by atoms with Crippen LogP contribution in [-0.4, -0.2) is 34.0 Å². The molecule has 1 fully saturated rings. The summed E-state index contributed by atoms with van der Waals surface area (Å²) in [4.78, 5) is 17.8. The van der Waals surface area contributed by atoms with Gasteiger partial charge < -0.3 is 9.52 Å². The Hall–Kier alpha value is -1.36. The third-order valence-electron chi connectivity index (χ3n) is 4.00. The number of carboxylic acids is 1. The van der Waals surface area contributed by atoms with Crippen LogP contribution in [0.5, 0.6) is 0 Å². The maximum Gasteiger partial charge on any atom is 0.310 e. The predicted molar refractivity (Wildman–Crippen MR) is 66.1 cm³/mol. The van der Waals surface area contributed by atoms with Crippen LogP contribution in [0.15, 0.2) is 10.8 Å². The highest BCUT2D eigenvalue weighted by Gasteiger charge is 2.40. The summed E-state index contributed by atoms with van der Waals surface area (Å²) in [5.41, 5.74) is 0.322. The van der Waals surface area contributed by atoms with Crippen LogP contribution in [0.4, 0.5) is 0 Å². The molecular formula is C13H20N2O3. The highest BCUT2D eigenvalue weighted by Crippen LogP contribution is 2.34. The fraction of sp³-hybridized carbons (Fsp3) is 0.692. The van der Waals surface area contributed by atoms with Gasteiger partial charge in [-0.15, -0.1) is 0 Å². The zero-order valence-electron chi connectivity index (χ0n) is 11.0. The smallest absolute Gasteiger partial charge is 0.310 e. The monoisotopic (exact) mass is 252 g/mol. The maximum absolute atomic E-state index is 11.5. The molecule has 1 aromatic rings. The molecule has 100 valence electrons. The van der Waals surface area contributed by atoms with Crippen molar-refractivity contribution in [1.82, 2.24) is 9.88 Å². The molecule has 1 atom stereocenters. The number of hydrogen-bond acceptors (Lipinski definition) is 4. The van der Waals surface area contributed by atoms with Crippen molar-refractivity contribution in [3.05, 3.63) is 17.8 Å². The van der Waals surface area contributed by atoms with Crippen LogP contribution < -0.4 is 0 Å². The Morgan fingerprint density at radius 1 is 1.67 bits per heavy atom. The largest absolute Gasteiger partial charge is 0.481 e. The van der Waals surface area contributed by atoms with Crippen LogP contribution in [0.25, 0.3) is 0 Å². The number of nitrogens with zero attached hydrogens (tertiary/aromatic N) is 2. The maximum atomic E-state index is 11.5. The van der Waals surface area contributed by atoms with E-state index in [0.29, 0.717) is 19.5 Å². The number of aromatic nitrogens is 1. The first kappa shape index (κ1) is 13.1. The van der Waals surface area contributed by atoms with Gasteiger partial charge in [0.15, 0.2) is 6.39 Å². The molecule has 1 N–H and O–H groups in total. The molecule has 1 aromatic heterocycles. The number of hydrogen-bond donors (Lipinski definition) is 1. The van der Waals surface area contributed by atoms with Crippen molar-refractivity contribution < 1.29 is 14.3 Å². The average Bonchev–Trinajstić information content (AvgIpc) is 2.75. The average molecular weight is 252 g/mol. The van der Waals surface area contributed by atoms with Crippen LogP contribution in [0.1, 0.15) is 37.6 Å². The molecule has 1 saturated heterocycles. The predicted octanol–water partition coefficient (Wildman–Crippen LogP) is 2.06. The molecule has 0 spiro atoms. The minimum Gasteiger partial charge on any atom is -0.481 e. The molecule has 2 heterocycles. The Labute approximate surface area is 107 Å². The standard InChI is InChI=1S/C13H20N2O3/c1-3-13(12(16)17)5-4-6-15(8-13)7-11-10(2)18-9-14-11/h9H,3-8H2,1-2H3,(H,16,17). The molecule has 5 heteroatoms. The second kappa shape index (κ2) is 5.10. The fourth-order valence-corrected chi connectivity index (χ4v) is 2.67. The molecule has 2 rings (SSSR count).